The minimum atomic E-state index is -4.58. The second-order valence-corrected chi connectivity index (χ2v) is 17.8. The fourth-order valence-corrected chi connectivity index (χ4v) is 7.05. The molecule has 8 nitrogen and oxygen atoms in total. The number of aliphatic hydroxyl groups is 1. The number of rotatable bonds is 40. The molecule has 0 aliphatic heterocycles. The number of phosphoric ester groups is 1. The Morgan fingerprint density at radius 2 is 1.04 bits per heavy atom. The summed E-state index contributed by atoms with van der Waals surface area (Å²) < 4.78 is 23.2. The fraction of sp³-hybridized carbons (Fsp3) is 0.886. The van der Waals surface area contributed by atoms with Crippen molar-refractivity contribution in [1.29, 1.82) is 0 Å². The van der Waals surface area contributed by atoms with Gasteiger partial charge in [0.15, 0.2) is 0 Å². The third-order valence-corrected chi connectivity index (χ3v) is 10.9. The quantitative estimate of drug-likeness (QED) is 0.0278. The summed E-state index contributed by atoms with van der Waals surface area (Å²) in [5, 5.41) is 13.8. The normalized spacial score (nSPS) is 14.6. The summed E-state index contributed by atoms with van der Waals surface area (Å²) in [5.74, 6) is -0.206. The fourth-order valence-electron chi connectivity index (χ4n) is 6.32. The Labute approximate surface area is 328 Å². The Bertz CT molecular complexity index is 922. The van der Waals surface area contributed by atoms with Crippen LogP contribution in [-0.4, -0.2) is 68.5 Å². The van der Waals surface area contributed by atoms with Crippen molar-refractivity contribution < 1.29 is 32.9 Å². The van der Waals surface area contributed by atoms with Crippen LogP contribution in [0.4, 0.5) is 0 Å². The summed E-state index contributed by atoms with van der Waals surface area (Å²) in [6, 6.07) is -0.887. The first kappa shape index (κ1) is 52.0. The third kappa shape index (κ3) is 39.0. The van der Waals surface area contributed by atoms with Crippen molar-refractivity contribution in [3.8, 4) is 0 Å². The molecule has 0 saturated heterocycles. The minimum absolute atomic E-state index is 0.00156. The van der Waals surface area contributed by atoms with E-state index < -0.39 is 20.0 Å². The molecule has 0 aromatic heterocycles. The van der Waals surface area contributed by atoms with Crippen molar-refractivity contribution in [2.24, 2.45) is 0 Å². The van der Waals surface area contributed by atoms with Gasteiger partial charge in [0.05, 0.1) is 39.9 Å². The van der Waals surface area contributed by atoms with Crippen LogP contribution in [0, 0.1) is 0 Å². The van der Waals surface area contributed by atoms with Gasteiger partial charge in [-0.25, -0.2) is 0 Å². The number of quaternary nitrogens is 1. The lowest BCUT2D eigenvalue weighted by Crippen LogP contribution is -2.45. The molecule has 0 aromatic rings. The van der Waals surface area contributed by atoms with Gasteiger partial charge in [-0.15, -0.1) is 0 Å². The molecule has 0 rings (SSSR count). The van der Waals surface area contributed by atoms with E-state index in [1.807, 2.05) is 27.2 Å². The van der Waals surface area contributed by atoms with E-state index in [1.165, 1.54) is 128 Å². The van der Waals surface area contributed by atoms with Crippen molar-refractivity contribution in [3.05, 3.63) is 24.3 Å². The summed E-state index contributed by atoms with van der Waals surface area (Å²) in [6.45, 7) is 4.63. The number of aliphatic hydroxyl groups excluding tert-OH is 1. The van der Waals surface area contributed by atoms with Gasteiger partial charge in [0.1, 0.15) is 13.2 Å². The molecule has 3 unspecified atom stereocenters. The highest BCUT2D eigenvalue weighted by Crippen LogP contribution is 2.38. The van der Waals surface area contributed by atoms with Gasteiger partial charge >= 0.3 is 0 Å². The van der Waals surface area contributed by atoms with Crippen molar-refractivity contribution in [2.75, 3.05) is 40.9 Å². The van der Waals surface area contributed by atoms with E-state index in [1.54, 1.807) is 6.08 Å². The largest absolute Gasteiger partial charge is 0.756 e. The average molecular weight is 771 g/mol. The number of nitrogens with one attached hydrogen (secondary N) is 1. The van der Waals surface area contributed by atoms with Crippen LogP contribution in [0.2, 0.25) is 0 Å². The zero-order chi connectivity index (χ0) is 39.3. The van der Waals surface area contributed by atoms with E-state index in [0.717, 1.165) is 51.4 Å². The van der Waals surface area contributed by atoms with Crippen LogP contribution in [0.15, 0.2) is 24.3 Å². The molecule has 9 heteroatoms. The van der Waals surface area contributed by atoms with Crippen molar-refractivity contribution in [3.63, 3.8) is 0 Å². The lowest BCUT2D eigenvalue weighted by Gasteiger charge is -2.29. The number of carbonyl (C=O) groups is 1. The molecule has 2 N–H and O–H groups in total. The highest BCUT2D eigenvalue weighted by Gasteiger charge is 2.23. The lowest BCUT2D eigenvalue weighted by atomic mass is 10.0. The van der Waals surface area contributed by atoms with Gasteiger partial charge in [-0.2, -0.15) is 0 Å². The summed E-state index contributed by atoms with van der Waals surface area (Å²) in [6.07, 6.45) is 42.1. The van der Waals surface area contributed by atoms with Gasteiger partial charge in [0.2, 0.25) is 5.91 Å². The van der Waals surface area contributed by atoms with E-state index in [0.29, 0.717) is 17.4 Å². The first-order chi connectivity index (χ1) is 25.5. The molecule has 0 radical (unpaired) electrons. The van der Waals surface area contributed by atoms with Crippen LogP contribution >= 0.6 is 7.82 Å². The number of phosphoric acid groups is 1. The number of allylic oxidation sites excluding steroid dienone is 3. The maximum Gasteiger partial charge on any atom is 0.268 e. The van der Waals surface area contributed by atoms with Gasteiger partial charge < -0.3 is 28.8 Å². The van der Waals surface area contributed by atoms with E-state index in [2.05, 4.69) is 31.3 Å². The second-order valence-electron chi connectivity index (χ2n) is 16.4. The van der Waals surface area contributed by atoms with Crippen molar-refractivity contribution in [2.45, 2.75) is 212 Å². The summed E-state index contributed by atoms with van der Waals surface area (Å²) in [5.41, 5.74) is 0. The molecule has 0 saturated carbocycles. The predicted molar refractivity (Wildman–Crippen MR) is 224 cm³/mol. The molecule has 0 spiro atoms. The number of unbranched alkanes of at least 4 members (excludes halogenated alkanes) is 25. The number of hydrogen-bond donors (Lipinski definition) is 2. The zero-order valence-corrected chi connectivity index (χ0v) is 36.4. The van der Waals surface area contributed by atoms with Gasteiger partial charge in [-0.1, -0.05) is 173 Å². The molecule has 0 aliphatic carbocycles. The standard InChI is InChI=1S/C44H87N2O6P/c1-6-8-10-12-14-16-18-20-22-23-24-25-27-29-31-33-35-37-43(47)42(41-52-53(49,50)51-40-39-46(3,4)5)45-44(48)38-36-34-32-30-28-26-21-19-17-15-13-11-9-7-2/h19,21,35,37,42-43,47H,6-18,20,22-34,36,38-41H2,1-5H3,(H-,45,48,49,50)/b21-19-,37-35+. The van der Waals surface area contributed by atoms with Crippen LogP contribution in [-0.2, 0) is 18.4 Å². The van der Waals surface area contributed by atoms with Crippen molar-refractivity contribution in [1.82, 2.24) is 5.32 Å². The summed E-state index contributed by atoms with van der Waals surface area (Å²) in [4.78, 5) is 25.3. The van der Waals surface area contributed by atoms with E-state index in [4.69, 9.17) is 9.05 Å². The third-order valence-electron chi connectivity index (χ3n) is 9.91. The van der Waals surface area contributed by atoms with Gasteiger partial charge in [-0.3, -0.25) is 9.36 Å². The number of hydrogen-bond acceptors (Lipinski definition) is 6. The first-order valence-corrected chi connectivity index (χ1v) is 23.7. The van der Waals surface area contributed by atoms with Crippen LogP contribution in [0.25, 0.3) is 0 Å². The Morgan fingerprint density at radius 3 is 1.47 bits per heavy atom. The van der Waals surface area contributed by atoms with E-state index in [9.17, 15) is 19.4 Å². The second kappa shape index (κ2) is 36.6. The number of likely N-dealkylation sites (N-methyl/N-ethyl adjacent to an activating group) is 1. The Kier molecular flexibility index (Phi) is 35.9. The van der Waals surface area contributed by atoms with Crippen LogP contribution < -0.4 is 10.2 Å². The predicted octanol–water partition coefficient (Wildman–Crippen LogP) is 11.5. The Hall–Kier alpha value is -1.02. The molecule has 0 bridgehead atoms. The molecule has 0 aliphatic rings. The Morgan fingerprint density at radius 1 is 0.642 bits per heavy atom. The van der Waals surface area contributed by atoms with E-state index in [-0.39, 0.29) is 19.1 Å². The highest BCUT2D eigenvalue weighted by atomic mass is 31.2. The minimum Gasteiger partial charge on any atom is -0.756 e. The molecule has 314 valence electrons. The highest BCUT2D eigenvalue weighted by molar-refractivity contribution is 7.45. The van der Waals surface area contributed by atoms with Crippen molar-refractivity contribution >= 4 is 13.7 Å². The number of nitrogens with zero attached hydrogens (tertiary/aromatic N) is 1. The SMILES string of the molecule is CCCCCCC/C=C\CCCCCCCC(=O)NC(COP(=O)([O-])OCC[N+](C)(C)C)C(O)/C=C/CCCCCCCCCCCCCCCCC. The van der Waals surface area contributed by atoms with Crippen LogP contribution in [0.3, 0.4) is 0 Å². The van der Waals surface area contributed by atoms with Gasteiger partial charge in [-0.05, 0) is 44.9 Å². The maximum atomic E-state index is 12.8. The molecule has 53 heavy (non-hydrogen) atoms. The monoisotopic (exact) mass is 771 g/mol. The Balaban J connectivity index is 4.44. The molecule has 0 fully saturated rings. The summed E-state index contributed by atoms with van der Waals surface area (Å²) >= 11 is 0. The van der Waals surface area contributed by atoms with E-state index >= 15 is 0 Å². The summed E-state index contributed by atoms with van der Waals surface area (Å²) in [7, 11) is 1.26. The number of carbonyl (C=O) groups excluding carboxylic acids is 1. The van der Waals surface area contributed by atoms with Crippen LogP contribution in [0.5, 0.6) is 0 Å². The zero-order valence-electron chi connectivity index (χ0n) is 35.5. The molecule has 0 aromatic carbocycles. The smallest absolute Gasteiger partial charge is 0.268 e. The molecular weight excluding hydrogens is 683 g/mol. The van der Waals surface area contributed by atoms with Crippen LogP contribution in [0.1, 0.15) is 200 Å². The first-order valence-electron chi connectivity index (χ1n) is 22.2. The molecular formula is C44H87N2O6P. The molecule has 3 atom stereocenters. The van der Waals surface area contributed by atoms with Gasteiger partial charge in [0, 0.05) is 6.42 Å². The molecule has 0 heterocycles. The number of amides is 1. The average Bonchev–Trinajstić information content (AvgIpc) is 3.10. The van der Waals surface area contributed by atoms with Gasteiger partial charge in [0.25, 0.3) is 7.82 Å². The molecule has 1 amide bonds. The topological polar surface area (TPSA) is 108 Å². The maximum absolute atomic E-state index is 12.8. The lowest BCUT2D eigenvalue weighted by molar-refractivity contribution is -0.870.